The van der Waals surface area contributed by atoms with Crippen molar-refractivity contribution in [2.75, 3.05) is 17.7 Å². The van der Waals surface area contributed by atoms with Gasteiger partial charge in [-0.2, -0.15) is 0 Å². The number of anilines is 1. The standard InChI is InChI=1S/C16H19ClN4O3S/c1-10-7-11(17)4-5-13(10)18-14(22)9-25-16-20-19-15(23)21(16)8-12-3-2-6-24-12/h4-5,7,12H,2-3,6,8-9H2,1H3,(H,18,22)(H,19,23)/t12-/m0/s1. The molecule has 1 aliphatic heterocycles. The highest BCUT2D eigenvalue weighted by Crippen LogP contribution is 2.21. The van der Waals surface area contributed by atoms with Crippen LogP contribution in [0.15, 0.2) is 28.2 Å². The number of carbonyl (C=O) groups excluding carboxylic acids is 1. The fourth-order valence-electron chi connectivity index (χ4n) is 2.65. The van der Waals surface area contributed by atoms with Crippen LogP contribution in [0.1, 0.15) is 18.4 Å². The number of thioether (sulfide) groups is 1. The summed E-state index contributed by atoms with van der Waals surface area (Å²) in [5.74, 6) is -0.0210. The molecule has 1 aromatic carbocycles. The lowest BCUT2D eigenvalue weighted by Gasteiger charge is -2.11. The summed E-state index contributed by atoms with van der Waals surface area (Å²) in [5.41, 5.74) is 1.32. The summed E-state index contributed by atoms with van der Waals surface area (Å²) in [5, 5.41) is 10.4. The molecule has 1 fully saturated rings. The molecule has 1 amide bonds. The van der Waals surface area contributed by atoms with Crippen molar-refractivity contribution < 1.29 is 9.53 Å². The van der Waals surface area contributed by atoms with E-state index in [0.29, 0.717) is 22.4 Å². The van der Waals surface area contributed by atoms with E-state index in [0.717, 1.165) is 25.0 Å². The number of H-pyrrole nitrogens is 1. The molecule has 3 rings (SSSR count). The highest BCUT2D eigenvalue weighted by Gasteiger charge is 2.20. The lowest BCUT2D eigenvalue weighted by Crippen LogP contribution is -2.25. The molecule has 2 N–H and O–H groups in total. The van der Waals surface area contributed by atoms with E-state index in [1.165, 1.54) is 16.3 Å². The van der Waals surface area contributed by atoms with Gasteiger partial charge in [0.05, 0.1) is 18.4 Å². The Morgan fingerprint density at radius 2 is 2.40 bits per heavy atom. The van der Waals surface area contributed by atoms with Gasteiger partial charge in [0.25, 0.3) is 0 Å². The van der Waals surface area contributed by atoms with Crippen LogP contribution in [0.3, 0.4) is 0 Å². The minimum Gasteiger partial charge on any atom is -0.376 e. The van der Waals surface area contributed by atoms with Crippen molar-refractivity contribution in [3.8, 4) is 0 Å². The van der Waals surface area contributed by atoms with Gasteiger partial charge in [-0.25, -0.2) is 9.89 Å². The smallest absolute Gasteiger partial charge is 0.344 e. The van der Waals surface area contributed by atoms with E-state index in [9.17, 15) is 9.59 Å². The van der Waals surface area contributed by atoms with E-state index in [1.54, 1.807) is 18.2 Å². The van der Waals surface area contributed by atoms with Crippen molar-refractivity contribution in [3.05, 3.63) is 39.3 Å². The molecule has 1 saturated heterocycles. The molecule has 0 unspecified atom stereocenters. The number of benzene rings is 1. The van der Waals surface area contributed by atoms with Crippen LogP contribution in [0.25, 0.3) is 0 Å². The number of rotatable bonds is 6. The minimum atomic E-state index is -0.285. The number of hydrogen-bond donors (Lipinski definition) is 2. The van der Waals surface area contributed by atoms with Crippen LogP contribution < -0.4 is 11.0 Å². The number of carbonyl (C=O) groups is 1. The molecule has 9 heteroatoms. The van der Waals surface area contributed by atoms with Gasteiger partial charge in [0.2, 0.25) is 5.91 Å². The first kappa shape index (κ1) is 18.0. The lowest BCUT2D eigenvalue weighted by atomic mass is 10.2. The maximum atomic E-state index is 12.2. The fourth-order valence-corrected chi connectivity index (χ4v) is 3.63. The van der Waals surface area contributed by atoms with Gasteiger partial charge in [0.15, 0.2) is 5.16 Å². The van der Waals surface area contributed by atoms with E-state index in [4.69, 9.17) is 16.3 Å². The Bertz CT molecular complexity index is 814. The second-order valence-corrected chi connectivity index (χ2v) is 7.23. The number of aryl methyl sites for hydroxylation is 1. The first-order valence-corrected chi connectivity index (χ1v) is 9.35. The first-order chi connectivity index (χ1) is 12.0. The average molecular weight is 383 g/mol. The lowest BCUT2D eigenvalue weighted by molar-refractivity contribution is -0.113. The number of aromatic amines is 1. The van der Waals surface area contributed by atoms with Crippen LogP contribution >= 0.6 is 23.4 Å². The maximum Gasteiger partial charge on any atom is 0.344 e. The molecular formula is C16H19ClN4O3S. The molecule has 2 aromatic rings. The average Bonchev–Trinajstić information content (AvgIpc) is 3.20. The van der Waals surface area contributed by atoms with Gasteiger partial charge < -0.3 is 10.1 Å². The SMILES string of the molecule is Cc1cc(Cl)ccc1NC(=O)CSc1n[nH]c(=O)n1C[C@@H]1CCCO1. The zero-order valence-electron chi connectivity index (χ0n) is 13.8. The Balaban J connectivity index is 1.59. The quantitative estimate of drug-likeness (QED) is 0.749. The van der Waals surface area contributed by atoms with Crippen molar-refractivity contribution in [2.45, 2.75) is 37.6 Å². The molecular weight excluding hydrogens is 364 g/mol. The number of ether oxygens (including phenoxy) is 1. The topological polar surface area (TPSA) is 89.0 Å². The molecule has 7 nitrogen and oxygen atoms in total. The van der Waals surface area contributed by atoms with Gasteiger partial charge in [-0.3, -0.25) is 9.36 Å². The summed E-state index contributed by atoms with van der Waals surface area (Å²) in [7, 11) is 0. The Labute approximate surface area is 154 Å². The zero-order valence-corrected chi connectivity index (χ0v) is 15.3. The number of halogens is 1. The van der Waals surface area contributed by atoms with Gasteiger partial charge in [-0.15, -0.1) is 5.10 Å². The van der Waals surface area contributed by atoms with Gasteiger partial charge >= 0.3 is 5.69 Å². The van der Waals surface area contributed by atoms with Crippen LogP contribution in [0.2, 0.25) is 5.02 Å². The summed E-state index contributed by atoms with van der Waals surface area (Å²) in [6.07, 6.45) is 1.96. The van der Waals surface area contributed by atoms with Gasteiger partial charge in [0, 0.05) is 17.3 Å². The number of amides is 1. The zero-order chi connectivity index (χ0) is 17.8. The monoisotopic (exact) mass is 382 g/mol. The van der Waals surface area contributed by atoms with Crippen LogP contribution in [0.5, 0.6) is 0 Å². The van der Waals surface area contributed by atoms with Gasteiger partial charge in [-0.05, 0) is 43.5 Å². The third kappa shape index (κ3) is 4.65. The highest BCUT2D eigenvalue weighted by atomic mass is 35.5. The molecule has 2 heterocycles. The first-order valence-electron chi connectivity index (χ1n) is 7.98. The van der Waals surface area contributed by atoms with Crippen LogP contribution in [-0.4, -0.2) is 39.1 Å². The summed E-state index contributed by atoms with van der Waals surface area (Å²) >= 11 is 7.13. The Hall–Kier alpha value is -1.77. The van der Waals surface area contributed by atoms with Crippen molar-refractivity contribution >= 4 is 35.0 Å². The van der Waals surface area contributed by atoms with Gasteiger partial charge in [-0.1, -0.05) is 23.4 Å². The van der Waals surface area contributed by atoms with Crippen LogP contribution in [0, 0.1) is 6.92 Å². The molecule has 1 aromatic heterocycles. The molecule has 0 spiro atoms. The molecule has 0 bridgehead atoms. The predicted molar refractivity (Wildman–Crippen MR) is 97.4 cm³/mol. The Morgan fingerprint density at radius 3 is 3.12 bits per heavy atom. The Morgan fingerprint density at radius 1 is 1.56 bits per heavy atom. The number of nitrogens with one attached hydrogen (secondary N) is 2. The number of hydrogen-bond acceptors (Lipinski definition) is 5. The largest absolute Gasteiger partial charge is 0.376 e. The molecule has 1 aliphatic rings. The molecule has 0 radical (unpaired) electrons. The molecule has 0 aliphatic carbocycles. The minimum absolute atomic E-state index is 0.0280. The normalized spacial score (nSPS) is 17.0. The Kier molecular flexibility index (Phi) is 5.82. The van der Waals surface area contributed by atoms with Crippen molar-refractivity contribution in [2.24, 2.45) is 0 Å². The van der Waals surface area contributed by atoms with E-state index in [-0.39, 0.29) is 23.5 Å². The summed E-state index contributed by atoms with van der Waals surface area (Å²) < 4.78 is 7.09. The van der Waals surface area contributed by atoms with E-state index in [1.807, 2.05) is 6.92 Å². The second kappa shape index (κ2) is 8.07. The second-order valence-electron chi connectivity index (χ2n) is 5.85. The van der Waals surface area contributed by atoms with Crippen LogP contribution in [-0.2, 0) is 16.1 Å². The van der Waals surface area contributed by atoms with E-state index >= 15 is 0 Å². The molecule has 0 saturated carbocycles. The van der Waals surface area contributed by atoms with E-state index < -0.39 is 0 Å². The van der Waals surface area contributed by atoms with Crippen molar-refractivity contribution in [3.63, 3.8) is 0 Å². The predicted octanol–water partition coefficient (Wildman–Crippen LogP) is 2.44. The third-order valence-corrected chi connectivity index (χ3v) is 5.14. The van der Waals surface area contributed by atoms with Crippen molar-refractivity contribution in [1.82, 2.24) is 14.8 Å². The summed E-state index contributed by atoms with van der Waals surface area (Å²) in [6, 6.07) is 5.28. The third-order valence-electron chi connectivity index (χ3n) is 3.93. The fraction of sp³-hybridized carbons (Fsp3) is 0.438. The van der Waals surface area contributed by atoms with E-state index in [2.05, 4.69) is 15.5 Å². The van der Waals surface area contributed by atoms with Crippen LogP contribution in [0.4, 0.5) is 5.69 Å². The molecule has 25 heavy (non-hydrogen) atoms. The summed E-state index contributed by atoms with van der Waals surface area (Å²) in [6.45, 7) is 3.06. The van der Waals surface area contributed by atoms with Crippen molar-refractivity contribution in [1.29, 1.82) is 0 Å². The maximum absolute atomic E-state index is 12.2. The molecule has 134 valence electrons. The highest BCUT2D eigenvalue weighted by molar-refractivity contribution is 7.99. The molecule has 1 atom stereocenters. The van der Waals surface area contributed by atoms with Gasteiger partial charge in [0.1, 0.15) is 0 Å². The number of nitrogens with zero attached hydrogens (tertiary/aromatic N) is 2. The number of aromatic nitrogens is 3. The summed E-state index contributed by atoms with van der Waals surface area (Å²) in [4.78, 5) is 24.1.